The maximum Gasteiger partial charge on any atom is 0.312 e. The second-order valence-corrected chi connectivity index (χ2v) is 4.66. The number of rotatable bonds is 4. The lowest BCUT2D eigenvalue weighted by Gasteiger charge is -2.40. The number of aliphatic carboxylic acids is 1. The van der Waals surface area contributed by atoms with E-state index in [1.165, 1.54) is 4.90 Å². The summed E-state index contributed by atoms with van der Waals surface area (Å²) in [5.74, 6) is -1.73. The van der Waals surface area contributed by atoms with Crippen LogP contribution in [0.4, 0.5) is 4.79 Å². The van der Waals surface area contributed by atoms with Crippen molar-refractivity contribution in [3.63, 3.8) is 0 Å². The van der Waals surface area contributed by atoms with Crippen LogP contribution in [0.5, 0.6) is 0 Å². The molecule has 7 heteroatoms. The van der Waals surface area contributed by atoms with Gasteiger partial charge < -0.3 is 21.1 Å². The van der Waals surface area contributed by atoms with Crippen molar-refractivity contribution in [3.05, 3.63) is 0 Å². The average Bonchev–Trinajstić information content (AvgIpc) is 2.21. The summed E-state index contributed by atoms with van der Waals surface area (Å²) in [4.78, 5) is 35.1. The number of nitrogens with one attached hydrogen (secondary N) is 1. The molecule has 4 N–H and O–H groups in total. The number of carbonyl (C=O) groups excluding carboxylic acids is 2. The van der Waals surface area contributed by atoms with E-state index in [4.69, 9.17) is 10.8 Å². The molecule has 0 aromatic carbocycles. The van der Waals surface area contributed by atoms with E-state index in [1.54, 1.807) is 13.8 Å². The number of amides is 3. The van der Waals surface area contributed by atoms with Crippen LogP contribution in [0, 0.1) is 11.8 Å². The topological polar surface area (TPSA) is 113 Å². The molecule has 0 aromatic heterocycles. The highest BCUT2D eigenvalue weighted by atomic mass is 16.4. The summed E-state index contributed by atoms with van der Waals surface area (Å²) in [5.41, 5.74) is 4.93. The maximum absolute atomic E-state index is 11.8. The summed E-state index contributed by atoms with van der Waals surface area (Å²) >= 11 is 0. The summed E-state index contributed by atoms with van der Waals surface area (Å²) in [6.45, 7) is 3.99. The Morgan fingerprint density at radius 2 is 2.11 bits per heavy atom. The second kappa shape index (κ2) is 5.70. The van der Waals surface area contributed by atoms with Crippen molar-refractivity contribution >= 4 is 17.9 Å². The zero-order valence-corrected chi connectivity index (χ0v) is 10.5. The van der Waals surface area contributed by atoms with E-state index in [9.17, 15) is 14.4 Å². The van der Waals surface area contributed by atoms with Crippen molar-refractivity contribution in [2.75, 3.05) is 13.1 Å². The molecular formula is C11H19N3O4. The summed E-state index contributed by atoms with van der Waals surface area (Å²) in [5, 5.41) is 11.6. The van der Waals surface area contributed by atoms with Gasteiger partial charge in [-0.3, -0.25) is 9.59 Å². The molecule has 1 aliphatic heterocycles. The average molecular weight is 257 g/mol. The molecule has 0 aliphatic carbocycles. The Labute approximate surface area is 105 Å². The molecule has 1 aliphatic rings. The number of primary amides is 1. The SMILES string of the molecule is CC1CC(=O)N(CCNC(N)=O)C(C)C1C(=O)O. The Morgan fingerprint density at radius 3 is 2.61 bits per heavy atom. The van der Waals surface area contributed by atoms with E-state index in [0.29, 0.717) is 0 Å². The Morgan fingerprint density at radius 1 is 1.50 bits per heavy atom. The van der Waals surface area contributed by atoms with Crippen LogP contribution < -0.4 is 11.1 Å². The van der Waals surface area contributed by atoms with Crippen LogP contribution in [-0.2, 0) is 9.59 Å². The normalized spacial score (nSPS) is 28.0. The van der Waals surface area contributed by atoms with Gasteiger partial charge in [-0.05, 0) is 12.8 Å². The van der Waals surface area contributed by atoms with E-state index in [0.717, 1.165) is 0 Å². The van der Waals surface area contributed by atoms with Gasteiger partial charge in [0, 0.05) is 25.6 Å². The first-order chi connectivity index (χ1) is 8.34. The van der Waals surface area contributed by atoms with Crippen LogP contribution in [-0.4, -0.2) is 47.0 Å². The Balaban J connectivity index is 2.68. The van der Waals surface area contributed by atoms with Crippen molar-refractivity contribution in [2.24, 2.45) is 17.6 Å². The number of piperidine rings is 1. The third kappa shape index (κ3) is 3.12. The van der Waals surface area contributed by atoms with E-state index in [2.05, 4.69) is 5.32 Å². The lowest BCUT2D eigenvalue weighted by Crippen LogP contribution is -2.54. The molecule has 102 valence electrons. The van der Waals surface area contributed by atoms with E-state index >= 15 is 0 Å². The molecule has 1 saturated heterocycles. The highest BCUT2D eigenvalue weighted by Gasteiger charge is 2.41. The highest BCUT2D eigenvalue weighted by Crippen LogP contribution is 2.29. The number of hydrogen-bond donors (Lipinski definition) is 3. The van der Waals surface area contributed by atoms with Crippen molar-refractivity contribution in [3.8, 4) is 0 Å². The predicted molar refractivity (Wildman–Crippen MR) is 63.7 cm³/mol. The highest BCUT2D eigenvalue weighted by molar-refractivity contribution is 5.82. The van der Waals surface area contributed by atoms with Crippen LogP contribution in [0.1, 0.15) is 20.3 Å². The fourth-order valence-electron chi connectivity index (χ4n) is 2.49. The van der Waals surface area contributed by atoms with Gasteiger partial charge in [-0.15, -0.1) is 0 Å². The second-order valence-electron chi connectivity index (χ2n) is 4.66. The predicted octanol–water partition coefficient (Wildman–Crippen LogP) is -0.388. The fourth-order valence-corrected chi connectivity index (χ4v) is 2.49. The minimum atomic E-state index is -0.893. The van der Waals surface area contributed by atoms with Gasteiger partial charge >= 0.3 is 12.0 Å². The molecule has 3 amide bonds. The molecule has 1 fully saturated rings. The van der Waals surface area contributed by atoms with Crippen molar-refractivity contribution in [2.45, 2.75) is 26.3 Å². The van der Waals surface area contributed by atoms with Gasteiger partial charge in [0.05, 0.1) is 5.92 Å². The number of hydrogen-bond acceptors (Lipinski definition) is 3. The summed E-state index contributed by atoms with van der Waals surface area (Å²) in [7, 11) is 0. The molecule has 0 spiro atoms. The molecule has 3 unspecified atom stereocenters. The number of nitrogens with zero attached hydrogens (tertiary/aromatic N) is 1. The zero-order chi connectivity index (χ0) is 13.9. The van der Waals surface area contributed by atoms with Crippen LogP contribution in [0.2, 0.25) is 0 Å². The first-order valence-electron chi connectivity index (χ1n) is 5.90. The quantitative estimate of drug-likeness (QED) is 0.636. The zero-order valence-electron chi connectivity index (χ0n) is 10.5. The molecule has 0 saturated carbocycles. The smallest absolute Gasteiger partial charge is 0.312 e. The maximum atomic E-state index is 11.8. The lowest BCUT2D eigenvalue weighted by molar-refractivity contribution is -0.154. The van der Waals surface area contributed by atoms with Gasteiger partial charge in [-0.25, -0.2) is 4.79 Å². The molecule has 1 heterocycles. The van der Waals surface area contributed by atoms with E-state index in [1.807, 2.05) is 0 Å². The number of likely N-dealkylation sites (tertiary alicyclic amines) is 1. The van der Waals surface area contributed by atoms with Crippen LogP contribution in [0.25, 0.3) is 0 Å². The number of carboxylic acids is 1. The van der Waals surface area contributed by atoms with Crippen LogP contribution >= 0.6 is 0 Å². The van der Waals surface area contributed by atoms with Crippen LogP contribution in [0.15, 0.2) is 0 Å². The van der Waals surface area contributed by atoms with E-state index < -0.39 is 17.9 Å². The van der Waals surface area contributed by atoms with Gasteiger partial charge in [0.1, 0.15) is 0 Å². The molecule has 0 bridgehead atoms. The lowest BCUT2D eigenvalue weighted by atomic mass is 9.81. The van der Waals surface area contributed by atoms with Gasteiger partial charge in [0.2, 0.25) is 5.91 Å². The van der Waals surface area contributed by atoms with E-state index in [-0.39, 0.29) is 37.4 Å². The molecule has 0 radical (unpaired) electrons. The standard InChI is InChI=1S/C11H19N3O4/c1-6-5-8(15)14(4-3-13-11(12)18)7(2)9(6)10(16)17/h6-7,9H,3-5H2,1-2H3,(H,16,17)(H3,12,13,18). The third-order valence-corrected chi connectivity index (χ3v) is 3.38. The summed E-state index contributed by atoms with van der Waals surface area (Å²) < 4.78 is 0. The molecule has 7 nitrogen and oxygen atoms in total. The number of carbonyl (C=O) groups is 3. The molecule has 3 atom stereocenters. The third-order valence-electron chi connectivity index (χ3n) is 3.38. The monoisotopic (exact) mass is 257 g/mol. The fraction of sp³-hybridized carbons (Fsp3) is 0.727. The first kappa shape index (κ1) is 14.3. The number of carboxylic acid groups (broad SMARTS) is 1. The van der Waals surface area contributed by atoms with Gasteiger partial charge in [0.25, 0.3) is 0 Å². The van der Waals surface area contributed by atoms with Gasteiger partial charge in [-0.2, -0.15) is 0 Å². The Kier molecular flexibility index (Phi) is 4.52. The van der Waals surface area contributed by atoms with Gasteiger partial charge in [0.15, 0.2) is 0 Å². The molecule has 0 aromatic rings. The van der Waals surface area contributed by atoms with Gasteiger partial charge in [-0.1, -0.05) is 6.92 Å². The summed E-state index contributed by atoms with van der Waals surface area (Å²) in [6, 6.07) is -1.04. The van der Waals surface area contributed by atoms with Crippen molar-refractivity contribution < 1.29 is 19.5 Å². The van der Waals surface area contributed by atoms with Crippen molar-refractivity contribution in [1.82, 2.24) is 10.2 Å². The molecule has 1 rings (SSSR count). The number of nitrogens with two attached hydrogens (primary N) is 1. The largest absolute Gasteiger partial charge is 0.481 e. The Hall–Kier alpha value is -1.79. The number of urea groups is 1. The molecular weight excluding hydrogens is 238 g/mol. The minimum absolute atomic E-state index is 0.0845. The minimum Gasteiger partial charge on any atom is -0.481 e. The molecule has 18 heavy (non-hydrogen) atoms. The Bertz CT molecular complexity index is 358. The first-order valence-corrected chi connectivity index (χ1v) is 5.90. The van der Waals surface area contributed by atoms with Crippen LogP contribution in [0.3, 0.4) is 0 Å². The summed E-state index contributed by atoms with van der Waals surface area (Å²) in [6.07, 6.45) is 0.220. The van der Waals surface area contributed by atoms with Crippen molar-refractivity contribution in [1.29, 1.82) is 0 Å².